The summed E-state index contributed by atoms with van der Waals surface area (Å²) in [5.74, 6) is 0.856. The minimum atomic E-state index is -0.0191. The number of hydrogen-bond acceptors (Lipinski definition) is 3. The van der Waals surface area contributed by atoms with Crippen LogP contribution in [0, 0.1) is 6.92 Å². The van der Waals surface area contributed by atoms with Crippen molar-refractivity contribution in [2.24, 2.45) is 0 Å². The average molecular weight is 264 g/mol. The van der Waals surface area contributed by atoms with Crippen LogP contribution in [0.2, 0.25) is 0 Å². The molecule has 4 heteroatoms. The van der Waals surface area contributed by atoms with Gasteiger partial charge in [0.1, 0.15) is 5.56 Å². The fourth-order valence-electron chi connectivity index (χ4n) is 2.74. The normalized spacial score (nSPS) is 17.5. The Hall–Kier alpha value is -1.32. The van der Waals surface area contributed by atoms with Crippen LogP contribution in [-0.2, 0) is 0 Å². The number of nitrogens with zero attached hydrogens (tertiary/aromatic N) is 1. The van der Waals surface area contributed by atoms with E-state index in [0.29, 0.717) is 23.1 Å². The molecule has 0 unspecified atom stereocenters. The van der Waals surface area contributed by atoms with Crippen molar-refractivity contribution in [1.82, 2.24) is 10.5 Å². The molecular weight excluding hydrogens is 240 g/mol. The first kappa shape index (κ1) is 14.1. The highest BCUT2D eigenvalue weighted by Gasteiger charge is 2.24. The van der Waals surface area contributed by atoms with E-state index in [-0.39, 0.29) is 11.8 Å². The lowest BCUT2D eigenvalue weighted by atomic mass is 10.0. The van der Waals surface area contributed by atoms with E-state index in [4.69, 9.17) is 4.52 Å². The van der Waals surface area contributed by atoms with Crippen molar-refractivity contribution in [2.75, 3.05) is 0 Å². The largest absolute Gasteiger partial charge is 0.360 e. The van der Waals surface area contributed by atoms with E-state index in [2.05, 4.69) is 10.5 Å². The van der Waals surface area contributed by atoms with Crippen molar-refractivity contribution < 1.29 is 9.32 Å². The van der Waals surface area contributed by atoms with Crippen molar-refractivity contribution in [3.63, 3.8) is 0 Å². The summed E-state index contributed by atoms with van der Waals surface area (Å²) in [6, 6.07) is 0.310. The third-order valence-corrected chi connectivity index (χ3v) is 3.83. The molecule has 0 atom stereocenters. The Bertz CT molecular complexity index is 429. The van der Waals surface area contributed by atoms with Crippen LogP contribution in [0.5, 0.6) is 0 Å². The molecule has 0 spiro atoms. The maximum absolute atomic E-state index is 12.4. The van der Waals surface area contributed by atoms with Crippen LogP contribution < -0.4 is 5.32 Å². The zero-order valence-corrected chi connectivity index (χ0v) is 12.2. The van der Waals surface area contributed by atoms with E-state index in [1.165, 1.54) is 25.7 Å². The minimum absolute atomic E-state index is 0.0191. The lowest BCUT2D eigenvalue weighted by molar-refractivity contribution is 0.0930. The Balaban J connectivity index is 2.08. The van der Waals surface area contributed by atoms with Crippen LogP contribution >= 0.6 is 0 Å². The molecule has 106 valence electrons. The minimum Gasteiger partial charge on any atom is -0.360 e. The first-order chi connectivity index (χ1) is 9.09. The number of aryl methyl sites for hydroxylation is 1. The summed E-state index contributed by atoms with van der Waals surface area (Å²) in [5, 5.41) is 7.09. The van der Waals surface area contributed by atoms with Crippen LogP contribution in [0.15, 0.2) is 4.52 Å². The molecule has 1 saturated carbocycles. The number of aromatic nitrogens is 1. The highest BCUT2D eigenvalue weighted by molar-refractivity contribution is 5.96. The van der Waals surface area contributed by atoms with Gasteiger partial charge in [-0.15, -0.1) is 0 Å². The average Bonchev–Trinajstić information content (AvgIpc) is 2.58. The van der Waals surface area contributed by atoms with Gasteiger partial charge in [-0.2, -0.15) is 0 Å². The maximum atomic E-state index is 12.4. The van der Waals surface area contributed by atoms with Crippen molar-refractivity contribution in [3.8, 4) is 0 Å². The van der Waals surface area contributed by atoms with Gasteiger partial charge in [-0.05, 0) is 19.8 Å². The van der Waals surface area contributed by atoms with Crippen LogP contribution in [-0.4, -0.2) is 17.1 Å². The molecule has 0 aromatic carbocycles. The Morgan fingerprint density at radius 2 is 1.89 bits per heavy atom. The van der Waals surface area contributed by atoms with Gasteiger partial charge in [-0.25, -0.2) is 0 Å². The Morgan fingerprint density at radius 1 is 1.26 bits per heavy atom. The lowest BCUT2D eigenvalue weighted by Crippen LogP contribution is -2.35. The summed E-state index contributed by atoms with van der Waals surface area (Å²) >= 11 is 0. The quantitative estimate of drug-likeness (QED) is 0.849. The molecule has 1 aliphatic rings. The summed E-state index contributed by atoms with van der Waals surface area (Å²) in [6.45, 7) is 5.86. The fourth-order valence-corrected chi connectivity index (χ4v) is 2.74. The summed E-state index contributed by atoms with van der Waals surface area (Å²) in [7, 11) is 0. The standard InChI is InChI=1S/C15H24N2O2/c1-10(2)14-13(11(3)17-19-14)15(18)16-12-8-6-4-5-7-9-12/h10,12H,4-9H2,1-3H3,(H,16,18). The maximum Gasteiger partial charge on any atom is 0.257 e. The second kappa shape index (κ2) is 6.22. The van der Waals surface area contributed by atoms with E-state index in [9.17, 15) is 4.79 Å². The van der Waals surface area contributed by atoms with Crippen molar-refractivity contribution in [1.29, 1.82) is 0 Å². The number of amides is 1. The smallest absolute Gasteiger partial charge is 0.257 e. The molecule has 1 N–H and O–H groups in total. The molecule has 1 aliphatic carbocycles. The molecule has 0 aliphatic heterocycles. The van der Waals surface area contributed by atoms with E-state index in [0.717, 1.165) is 12.8 Å². The van der Waals surface area contributed by atoms with Gasteiger partial charge in [0.15, 0.2) is 5.76 Å². The third-order valence-electron chi connectivity index (χ3n) is 3.83. The third kappa shape index (κ3) is 3.37. The summed E-state index contributed by atoms with van der Waals surface area (Å²) in [5.41, 5.74) is 1.33. The van der Waals surface area contributed by atoms with Gasteiger partial charge in [0.25, 0.3) is 5.91 Å². The van der Waals surface area contributed by atoms with Gasteiger partial charge >= 0.3 is 0 Å². The monoisotopic (exact) mass is 264 g/mol. The molecule has 1 amide bonds. The van der Waals surface area contributed by atoms with Crippen LogP contribution in [0.1, 0.15) is 80.1 Å². The summed E-state index contributed by atoms with van der Waals surface area (Å²) in [4.78, 5) is 12.4. The van der Waals surface area contributed by atoms with E-state index >= 15 is 0 Å². The highest BCUT2D eigenvalue weighted by atomic mass is 16.5. The number of carbonyl (C=O) groups is 1. The number of carbonyl (C=O) groups excluding carboxylic acids is 1. The summed E-state index contributed by atoms with van der Waals surface area (Å²) < 4.78 is 5.28. The van der Waals surface area contributed by atoms with E-state index in [1.807, 2.05) is 20.8 Å². The lowest BCUT2D eigenvalue weighted by Gasteiger charge is -2.16. The molecule has 1 aromatic rings. The van der Waals surface area contributed by atoms with Crippen LogP contribution in [0.25, 0.3) is 0 Å². The zero-order valence-electron chi connectivity index (χ0n) is 12.2. The van der Waals surface area contributed by atoms with Gasteiger partial charge < -0.3 is 9.84 Å². The molecule has 1 fully saturated rings. The fraction of sp³-hybridized carbons (Fsp3) is 0.733. The predicted molar refractivity (Wildman–Crippen MR) is 74.3 cm³/mol. The van der Waals surface area contributed by atoms with Crippen molar-refractivity contribution >= 4 is 5.91 Å². The van der Waals surface area contributed by atoms with E-state index in [1.54, 1.807) is 0 Å². The molecule has 2 rings (SSSR count). The molecule has 19 heavy (non-hydrogen) atoms. The molecule has 0 bridgehead atoms. The van der Waals surface area contributed by atoms with Crippen molar-refractivity contribution in [3.05, 3.63) is 17.0 Å². The number of nitrogens with one attached hydrogen (secondary N) is 1. The number of rotatable bonds is 3. The molecule has 4 nitrogen and oxygen atoms in total. The van der Waals surface area contributed by atoms with Crippen molar-refractivity contribution in [2.45, 2.75) is 71.3 Å². The van der Waals surface area contributed by atoms with Crippen LogP contribution in [0.3, 0.4) is 0 Å². The molecular formula is C15H24N2O2. The highest BCUT2D eigenvalue weighted by Crippen LogP contribution is 2.23. The zero-order chi connectivity index (χ0) is 13.8. The van der Waals surface area contributed by atoms with Gasteiger partial charge in [0.2, 0.25) is 0 Å². The molecule has 1 heterocycles. The van der Waals surface area contributed by atoms with Gasteiger partial charge in [-0.1, -0.05) is 44.7 Å². The molecule has 0 saturated heterocycles. The summed E-state index contributed by atoms with van der Waals surface area (Å²) in [6.07, 6.45) is 7.18. The predicted octanol–water partition coefficient (Wildman–Crippen LogP) is 3.56. The molecule has 1 aromatic heterocycles. The number of hydrogen-bond donors (Lipinski definition) is 1. The Kier molecular flexibility index (Phi) is 4.61. The second-order valence-electron chi connectivity index (χ2n) is 5.82. The Morgan fingerprint density at radius 3 is 2.47 bits per heavy atom. The first-order valence-electron chi connectivity index (χ1n) is 7.36. The van der Waals surface area contributed by atoms with Crippen LogP contribution in [0.4, 0.5) is 0 Å². The van der Waals surface area contributed by atoms with Gasteiger partial charge in [0, 0.05) is 12.0 Å². The first-order valence-corrected chi connectivity index (χ1v) is 7.36. The topological polar surface area (TPSA) is 55.1 Å². The Labute approximate surface area is 114 Å². The second-order valence-corrected chi connectivity index (χ2v) is 5.82. The molecule has 0 radical (unpaired) electrons. The van der Waals surface area contributed by atoms with Gasteiger partial charge in [0.05, 0.1) is 5.69 Å². The SMILES string of the molecule is Cc1noc(C(C)C)c1C(=O)NC1CCCCCC1. The van der Waals surface area contributed by atoms with Gasteiger partial charge in [-0.3, -0.25) is 4.79 Å². The van der Waals surface area contributed by atoms with E-state index < -0.39 is 0 Å².